The van der Waals surface area contributed by atoms with Crippen molar-refractivity contribution in [2.75, 3.05) is 0 Å². The van der Waals surface area contributed by atoms with E-state index in [-0.39, 0.29) is 17.9 Å². The molecule has 23 heavy (non-hydrogen) atoms. The van der Waals surface area contributed by atoms with Crippen molar-refractivity contribution in [2.24, 2.45) is 11.8 Å². The smallest absolute Gasteiger partial charge is 0.354 e. The van der Waals surface area contributed by atoms with Crippen LogP contribution in [0.2, 0.25) is 0 Å². The van der Waals surface area contributed by atoms with Crippen molar-refractivity contribution in [1.82, 2.24) is 5.32 Å². The van der Waals surface area contributed by atoms with Gasteiger partial charge in [-0.25, -0.2) is 4.79 Å². The van der Waals surface area contributed by atoms with Crippen LogP contribution in [-0.2, 0) is 14.3 Å². The van der Waals surface area contributed by atoms with Gasteiger partial charge in [-0.1, -0.05) is 45.6 Å². The zero-order chi connectivity index (χ0) is 17.2. The lowest BCUT2D eigenvalue weighted by Gasteiger charge is -2.18. The molecule has 0 unspecified atom stereocenters. The normalized spacial score (nSPS) is 16.2. The van der Waals surface area contributed by atoms with Gasteiger partial charge < -0.3 is 10.1 Å². The summed E-state index contributed by atoms with van der Waals surface area (Å²) in [5.74, 6) is -0.102. The van der Waals surface area contributed by atoms with Crippen molar-refractivity contribution in [3.63, 3.8) is 0 Å². The summed E-state index contributed by atoms with van der Waals surface area (Å²) in [6.07, 6.45) is 9.94. The highest BCUT2D eigenvalue weighted by atomic mass is 16.5. The van der Waals surface area contributed by atoms with Crippen molar-refractivity contribution in [3.05, 3.63) is 11.8 Å². The van der Waals surface area contributed by atoms with Gasteiger partial charge in [0.1, 0.15) is 5.70 Å². The average Bonchev–Trinajstić information content (AvgIpc) is 2.98. The Hall–Kier alpha value is -1.32. The number of allylic oxidation sites excluding steroid dienone is 1. The van der Waals surface area contributed by atoms with Crippen LogP contribution in [0, 0.1) is 11.8 Å². The number of hydrogen-bond acceptors (Lipinski definition) is 3. The lowest BCUT2D eigenvalue weighted by molar-refractivity contribution is -0.144. The molecule has 1 amide bonds. The molecule has 1 N–H and O–H groups in total. The van der Waals surface area contributed by atoms with Crippen molar-refractivity contribution in [2.45, 2.75) is 85.2 Å². The Morgan fingerprint density at radius 3 is 2.17 bits per heavy atom. The van der Waals surface area contributed by atoms with Gasteiger partial charge in [-0.3, -0.25) is 4.79 Å². The minimum atomic E-state index is -0.410. The minimum Gasteiger partial charge on any atom is -0.458 e. The molecule has 1 fully saturated rings. The second-order valence-electron chi connectivity index (χ2n) is 6.84. The molecule has 0 aliphatic heterocycles. The van der Waals surface area contributed by atoms with Gasteiger partial charge in [0.25, 0.3) is 0 Å². The highest BCUT2D eigenvalue weighted by molar-refractivity contribution is 5.94. The van der Waals surface area contributed by atoms with E-state index in [1.165, 1.54) is 12.8 Å². The van der Waals surface area contributed by atoms with E-state index in [1.807, 2.05) is 19.9 Å². The van der Waals surface area contributed by atoms with Crippen LogP contribution in [0.15, 0.2) is 11.8 Å². The van der Waals surface area contributed by atoms with Crippen LogP contribution < -0.4 is 5.32 Å². The molecule has 0 saturated heterocycles. The molecule has 0 bridgehead atoms. The van der Waals surface area contributed by atoms with Crippen LogP contribution in [-0.4, -0.2) is 18.0 Å². The SMILES string of the molecule is CCCC(CCC)C(=O)N/C(=C\C1CCCC1)C(=O)OC(C)C. The predicted octanol–water partition coefficient (Wildman–Crippen LogP) is 4.34. The van der Waals surface area contributed by atoms with E-state index in [0.717, 1.165) is 38.5 Å². The van der Waals surface area contributed by atoms with Crippen LogP contribution in [0.5, 0.6) is 0 Å². The van der Waals surface area contributed by atoms with Gasteiger partial charge in [-0.15, -0.1) is 0 Å². The molecule has 1 aliphatic carbocycles. The highest BCUT2D eigenvalue weighted by Gasteiger charge is 2.23. The maximum atomic E-state index is 12.5. The lowest BCUT2D eigenvalue weighted by Crippen LogP contribution is -2.34. The Labute approximate surface area is 141 Å². The standard InChI is InChI=1S/C19H33NO3/c1-5-9-16(10-6-2)18(21)20-17(19(22)23-14(3)4)13-15-11-7-8-12-15/h13-16H,5-12H2,1-4H3,(H,20,21)/b17-13-. The van der Waals surface area contributed by atoms with E-state index in [2.05, 4.69) is 19.2 Å². The number of esters is 1. The third kappa shape index (κ3) is 7.19. The average molecular weight is 323 g/mol. The largest absolute Gasteiger partial charge is 0.458 e. The van der Waals surface area contributed by atoms with Gasteiger partial charge in [-0.2, -0.15) is 0 Å². The Morgan fingerprint density at radius 2 is 1.70 bits per heavy atom. The first-order valence-electron chi connectivity index (χ1n) is 9.21. The Bertz CT molecular complexity index is 403. The number of hydrogen-bond donors (Lipinski definition) is 1. The fraction of sp³-hybridized carbons (Fsp3) is 0.789. The number of carbonyl (C=O) groups excluding carboxylic acids is 2. The number of rotatable bonds is 9. The van der Waals surface area contributed by atoms with E-state index < -0.39 is 5.97 Å². The third-order valence-corrected chi connectivity index (χ3v) is 4.27. The van der Waals surface area contributed by atoms with Crippen LogP contribution in [0.1, 0.15) is 79.1 Å². The second-order valence-corrected chi connectivity index (χ2v) is 6.84. The monoisotopic (exact) mass is 323 g/mol. The lowest BCUT2D eigenvalue weighted by atomic mass is 9.97. The second kappa shape index (κ2) is 10.5. The molecule has 132 valence electrons. The van der Waals surface area contributed by atoms with Crippen LogP contribution in [0.3, 0.4) is 0 Å². The zero-order valence-electron chi connectivity index (χ0n) is 15.2. The molecule has 1 saturated carbocycles. The maximum absolute atomic E-state index is 12.5. The summed E-state index contributed by atoms with van der Waals surface area (Å²) < 4.78 is 5.30. The van der Waals surface area contributed by atoms with Gasteiger partial charge in [0.05, 0.1) is 6.10 Å². The molecule has 0 aromatic rings. The molecule has 1 rings (SSSR count). The molecule has 4 nitrogen and oxygen atoms in total. The van der Waals surface area contributed by atoms with Gasteiger partial charge in [-0.05, 0) is 45.4 Å². The Morgan fingerprint density at radius 1 is 1.13 bits per heavy atom. The van der Waals surface area contributed by atoms with Crippen LogP contribution in [0.25, 0.3) is 0 Å². The number of ether oxygens (including phenoxy) is 1. The number of amides is 1. The highest BCUT2D eigenvalue weighted by Crippen LogP contribution is 2.27. The summed E-state index contributed by atoms with van der Waals surface area (Å²) >= 11 is 0. The van der Waals surface area contributed by atoms with Crippen molar-refractivity contribution < 1.29 is 14.3 Å². The van der Waals surface area contributed by atoms with Crippen molar-refractivity contribution >= 4 is 11.9 Å². The minimum absolute atomic E-state index is 0.0242. The third-order valence-electron chi connectivity index (χ3n) is 4.27. The van der Waals surface area contributed by atoms with E-state index in [9.17, 15) is 9.59 Å². The van der Waals surface area contributed by atoms with Crippen molar-refractivity contribution in [3.8, 4) is 0 Å². The quantitative estimate of drug-likeness (QED) is 0.507. The predicted molar refractivity (Wildman–Crippen MR) is 92.7 cm³/mol. The molecule has 0 aromatic heterocycles. The molecule has 4 heteroatoms. The maximum Gasteiger partial charge on any atom is 0.354 e. The molecular weight excluding hydrogens is 290 g/mol. The van der Waals surface area contributed by atoms with E-state index in [0.29, 0.717) is 11.6 Å². The number of carbonyl (C=O) groups is 2. The van der Waals surface area contributed by atoms with Gasteiger partial charge in [0.15, 0.2) is 0 Å². The molecule has 0 spiro atoms. The Kier molecular flexibility index (Phi) is 8.97. The summed E-state index contributed by atoms with van der Waals surface area (Å²) in [5, 5.41) is 2.87. The zero-order valence-corrected chi connectivity index (χ0v) is 15.2. The van der Waals surface area contributed by atoms with Gasteiger partial charge in [0, 0.05) is 5.92 Å². The van der Waals surface area contributed by atoms with Crippen molar-refractivity contribution in [1.29, 1.82) is 0 Å². The fourth-order valence-electron chi connectivity index (χ4n) is 3.14. The fourth-order valence-corrected chi connectivity index (χ4v) is 3.14. The molecule has 0 aromatic carbocycles. The van der Waals surface area contributed by atoms with Crippen LogP contribution in [0.4, 0.5) is 0 Å². The molecule has 0 heterocycles. The van der Waals surface area contributed by atoms with E-state index in [4.69, 9.17) is 4.74 Å². The molecule has 1 aliphatic rings. The summed E-state index contributed by atoms with van der Waals surface area (Å²) in [6.45, 7) is 7.81. The first kappa shape index (κ1) is 19.7. The number of nitrogens with one attached hydrogen (secondary N) is 1. The molecule has 0 atom stereocenters. The van der Waals surface area contributed by atoms with Gasteiger partial charge >= 0.3 is 5.97 Å². The molecular formula is C19H33NO3. The van der Waals surface area contributed by atoms with Gasteiger partial charge in [0.2, 0.25) is 5.91 Å². The first-order valence-corrected chi connectivity index (χ1v) is 9.21. The van der Waals surface area contributed by atoms with E-state index in [1.54, 1.807) is 0 Å². The summed E-state index contributed by atoms with van der Waals surface area (Å²) in [6, 6.07) is 0. The Balaban J connectivity index is 2.81. The molecule has 0 radical (unpaired) electrons. The first-order chi connectivity index (χ1) is 11.0. The topological polar surface area (TPSA) is 55.4 Å². The summed E-state index contributed by atoms with van der Waals surface area (Å²) in [4.78, 5) is 24.8. The van der Waals surface area contributed by atoms with Crippen LogP contribution >= 0.6 is 0 Å². The van der Waals surface area contributed by atoms with E-state index >= 15 is 0 Å². The summed E-state index contributed by atoms with van der Waals surface area (Å²) in [5.41, 5.74) is 0.341. The summed E-state index contributed by atoms with van der Waals surface area (Å²) in [7, 11) is 0.